The molecule has 0 aliphatic rings. The molecule has 0 heterocycles. The minimum absolute atomic E-state index is 0.275. The monoisotopic (exact) mass is 346 g/mol. The highest BCUT2D eigenvalue weighted by Gasteiger charge is 2.30. The van der Waals surface area contributed by atoms with E-state index in [1.54, 1.807) is 13.0 Å². The molecule has 0 bridgehead atoms. The van der Waals surface area contributed by atoms with E-state index >= 15 is 0 Å². The highest BCUT2D eigenvalue weighted by molar-refractivity contribution is 5.85. The Morgan fingerprint density at radius 2 is 1.60 bits per heavy atom. The Balaban J connectivity index is 2.37. The highest BCUT2D eigenvalue weighted by Crippen LogP contribution is 2.31. The number of halogens is 3. The van der Waals surface area contributed by atoms with E-state index < -0.39 is 17.7 Å². The van der Waals surface area contributed by atoms with Crippen LogP contribution in [0.1, 0.15) is 23.6 Å². The molecule has 0 saturated heterocycles. The van der Waals surface area contributed by atoms with E-state index in [1.165, 1.54) is 24.3 Å². The maximum atomic E-state index is 12.7. The summed E-state index contributed by atoms with van der Waals surface area (Å²) in [5.41, 5.74) is 1.45. The first-order valence-electron chi connectivity index (χ1n) is 7.70. The summed E-state index contributed by atoms with van der Waals surface area (Å²) < 4.78 is 43.0. The van der Waals surface area contributed by atoms with Gasteiger partial charge in [-0.3, -0.25) is 0 Å². The summed E-state index contributed by atoms with van der Waals surface area (Å²) in [6, 6.07) is 14.1. The van der Waals surface area contributed by atoms with Crippen molar-refractivity contribution in [3.05, 3.63) is 89.5 Å². The van der Waals surface area contributed by atoms with Gasteiger partial charge in [-0.05, 0) is 35.8 Å². The van der Waals surface area contributed by atoms with Crippen LogP contribution in [0.4, 0.5) is 13.2 Å². The first-order chi connectivity index (χ1) is 11.9. The predicted molar refractivity (Wildman–Crippen MR) is 90.7 cm³/mol. The molecule has 5 heteroatoms. The number of hydrogen-bond acceptors (Lipinski definition) is 2. The second kappa shape index (κ2) is 8.33. The molecule has 2 aromatic rings. The number of carbonyl (C=O) groups excluding carboxylic acids is 1. The summed E-state index contributed by atoms with van der Waals surface area (Å²) in [5.74, 6) is -0.474. The van der Waals surface area contributed by atoms with Crippen molar-refractivity contribution in [2.24, 2.45) is 0 Å². The number of ether oxygens (including phenoxy) is 1. The minimum Gasteiger partial charge on any atom is -0.463 e. The lowest BCUT2D eigenvalue weighted by Gasteiger charge is -2.10. The van der Waals surface area contributed by atoms with Gasteiger partial charge in [-0.1, -0.05) is 54.6 Å². The molecule has 0 aliphatic carbocycles. The van der Waals surface area contributed by atoms with E-state index in [9.17, 15) is 18.0 Å². The lowest BCUT2D eigenvalue weighted by molar-refractivity contribution is -0.138. The zero-order valence-electron chi connectivity index (χ0n) is 13.6. The van der Waals surface area contributed by atoms with Crippen LogP contribution in [-0.2, 0) is 15.7 Å². The molecular formula is C20H17F3O2. The van der Waals surface area contributed by atoms with E-state index in [0.717, 1.165) is 17.7 Å². The summed E-state index contributed by atoms with van der Waals surface area (Å²) >= 11 is 0. The van der Waals surface area contributed by atoms with E-state index in [0.29, 0.717) is 11.1 Å². The van der Waals surface area contributed by atoms with Gasteiger partial charge in [0.2, 0.25) is 0 Å². The van der Waals surface area contributed by atoms with Crippen molar-refractivity contribution in [3.63, 3.8) is 0 Å². The van der Waals surface area contributed by atoms with Crippen LogP contribution in [0.15, 0.2) is 72.8 Å². The van der Waals surface area contributed by atoms with Crippen LogP contribution < -0.4 is 0 Å². The van der Waals surface area contributed by atoms with Gasteiger partial charge < -0.3 is 4.74 Å². The maximum Gasteiger partial charge on any atom is 0.416 e. The van der Waals surface area contributed by atoms with Crippen LogP contribution in [0.25, 0.3) is 5.57 Å². The fraction of sp³-hybridized carbons (Fsp3) is 0.150. The fourth-order valence-corrected chi connectivity index (χ4v) is 2.23. The average Bonchev–Trinajstić information content (AvgIpc) is 2.59. The Bertz CT molecular complexity index is 758. The van der Waals surface area contributed by atoms with Crippen LogP contribution in [-0.4, -0.2) is 12.6 Å². The molecule has 130 valence electrons. The molecule has 0 saturated carbocycles. The summed E-state index contributed by atoms with van der Waals surface area (Å²) in [5, 5.41) is 0. The SMILES string of the molecule is CCOC(=O)/C=C/C=C(\c1ccccc1)c1ccc(C(F)(F)F)cc1. The van der Waals surface area contributed by atoms with Gasteiger partial charge in [-0.25, -0.2) is 4.79 Å². The van der Waals surface area contributed by atoms with Crippen molar-refractivity contribution >= 4 is 11.5 Å². The van der Waals surface area contributed by atoms with E-state index in [-0.39, 0.29) is 6.61 Å². The van der Waals surface area contributed by atoms with Crippen molar-refractivity contribution < 1.29 is 22.7 Å². The third-order valence-electron chi connectivity index (χ3n) is 3.39. The lowest BCUT2D eigenvalue weighted by atomic mass is 9.96. The molecule has 0 fully saturated rings. The van der Waals surface area contributed by atoms with Crippen LogP contribution in [0.2, 0.25) is 0 Å². The second-order valence-corrected chi connectivity index (χ2v) is 5.13. The summed E-state index contributed by atoms with van der Waals surface area (Å²) in [7, 11) is 0. The van der Waals surface area contributed by atoms with E-state index in [4.69, 9.17) is 4.74 Å². The molecule has 0 aromatic heterocycles. The van der Waals surface area contributed by atoms with Gasteiger partial charge in [0.15, 0.2) is 0 Å². The van der Waals surface area contributed by atoms with Crippen molar-refractivity contribution in [1.82, 2.24) is 0 Å². The third-order valence-corrected chi connectivity index (χ3v) is 3.39. The van der Waals surface area contributed by atoms with E-state index in [2.05, 4.69) is 0 Å². The number of carbonyl (C=O) groups is 1. The summed E-state index contributed by atoms with van der Waals surface area (Å²) in [6.45, 7) is 1.98. The van der Waals surface area contributed by atoms with Gasteiger partial charge in [-0.2, -0.15) is 13.2 Å². The van der Waals surface area contributed by atoms with Gasteiger partial charge in [0.25, 0.3) is 0 Å². The molecule has 0 N–H and O–H groups in total. The van der Waals surface area contributed by atoms with Gasteiger partial charge in [0.05, 0.1) is 12.2 Å². The van der Waals surface area contributed by atoms with Crippen LogP contribution in [0, 0.1) is 0 Å². The van der Waals surface area contributed by atoms with Crippen molar-refractivity contribution in [1.29, 1.82) is 0 Å². The molecule has 0 radical (unpaired) electrons. The number of esters is 1. The molecule has 0 aliphatic heterocycles. The minimum atomic E-state index is -4.38. The smallest absolute Gasteiger partial charge is 0.416 e. The lowest BCUT2D eigenvalue weighted by Crippen LogP contribution is -2.04. The van der Waals surface area contributed by atoms with Gasteiger partial charge >= 0.3 is 12.1 Å². The molecule has 0 unspecified atom stereocenters. The van der Waals surface area contributed by atoms with Crippen LogP contribution in [0.5, 0.6) is 0 Å². The van der Waals surface area contributed by atoms with Crippen molar-refractivity contribution in [2.45, 2.75) is 13.1 Å². The Labute approximate surface area is 144 Å². The molecule has 2 rings (SSSR count). The topological polar surface area (TPSA) is 26.3 Å². The normalized spacial score (nSPS) is 12.4. The molecule has 2 nitrogen and oxygen atoms in total. The molecule has 0 amide bonds. The Hall–Kier alpha value is -2.82. The number of rotatable bonds is 5. The third kappa shape index (κ3) is 5.35. The maximum absolute atomic E-state index is 12.7. The van der Waals surface area contributed by atoms with Crippen LogP contribution >= 0.6 is 0 Å². The van der Waals surface area contributed by atoms with Gasteiger partial charge in [0.1, 0.15) is 0 Å². The first kappa shape index (κ1) is 18.5. The number of hydrogen-bond donors (Lipinski definition) is 0. The number of benzene rings is 2. The Morgan fingerprint density at radius 3 is 2.16 bits per heavy atom. The number of allylic oxidation sites excluding steroid dienone is 2. The second-order valence-electron chi connectivity index (χ2n) is 5.13. The standard InChI is InChI=1S/C20H17F3O2/c1-2-25-19(24)10-6-9-18(15-7-4-3-5-8-15)16-11-13-17(14-12-16)20(21,22)23/h3-14H,2H2,1H3/b10-6+,18-9+. The molecule has 0 spiro atoms. The molecule has 2 aromatic carbocycles. The van der Waals surface area contributed by atoms with Crippen LogP contribution in [0.3, 0.4) is 0 Å². The zero-order chi connectivity index (χ0) is 18.3. The Morgan fingerprint density at radius 1 is 1.00 bits per heavy atom. The van der Waals surface area contributed by atoms with Gasteiger partial charge in [-0.15, -0.1) is 0 Å². The molecular weight excluding hydrogens is 329 g/mol. The summed E-state index contributed by atoms with van der Waals surface area (Å²) in [4.78, 5) is 11.4. The highest BCUT2D eigenvalue weighted by atomic mass is 19.4. The Kier molecular flexibility index (Phi) is 6.17. The van der Waals surface area contributed by atoms with Crippen molar-refractivity contribution in [3.8, 4) is 0 Å². The largest absolute Gasteiger partial charge is 0.463 e. The van der Waals surface area contributed by atoms with E-state index in [1.807, 2.05) is 30.3 Å². The molecule has 0 atom stereocenters. The first-order valence-corrected chi connectivity index (χ1v) is 7.70. The summed E-state index contributed by atoms with van der Waals surface area (Å²) in [6.07, 6.45) is 0.0995. The van der Waals surface area contributed by atoms with Gasteiger partial charge in [0, 0.05) is 6.08 Å². The molecule has 25 heavy (non-hydrogen) atoms. The zero-order valence-corrected chi connectivity index (χ0v) is 13.6. The average molecular weight is 346 g/mol. The number of alkyl halides is 3. The fourth-order valence-electron chi connectivity index (χ4n) is 2.23. The predicted octanol–water partition coefficient (Wildman–Crippen LogP) is 5.26. The quantitative estimate of drug-likeness (QED) is 0.419. The van der Waals surface area contributed by atoms with Crippen molar-refractivity contribution in [2.75, 3.05) is 6.61 Å².